The second-order valence-corrected chi connectivity index (χ2v) is 6.47. The minimum absolute atomic E-state index is 0.116. The summed E-state index contributed by atoms with van der Waals surface area (Å²) in [5.74, 6) is -2.74. The summed E-state index contributed by atoms with van der Waals surface area (Å²) in [4.78, 5) is 0. The summed E-state index contributed by atoms with van der Waals surface area (Å²) in [5.41, 5.74) is 5.57. The third-order valence-electron chi connectivity index (χ3n) is 4.26. The highest BCUT2D eigenvalue weighted by atomic mass is 19.2. The van der Waals surface area contributed by atoms with Gasteiger partial charge in [0.1, 0.15) is 0 Å². The maximum atomic E-state index is 14.0. The zero-order chi connectivity index (χ0) is 14.9. The van der Waals surface area contributed by atoms with E-state index in [0.717, 1.165) is 25.3 Å². The van der Waals surface area contributed by atoms with Gasteiger partial charge in [0.25, 0.3) is 0 Å². The Morgan fingerprint density at radius 2 is 1.95 bits per heavy atom. The Hall–Kier alpha value is -1.03. The summed E-state index contributed by atoms with van der Waals surface area (Å²) in [7, 11) is 0. The van der Waals surface area contributed by atoms with Crippen LogP contribution in [0.4, 0.5) is 13.2 Å². The first-order valence-corrected chi connectivity index (χ1v) is 7.26. The van der Waals surface area contributed by atoms with Crippen molar-refractivity contribution in [3.05, 3.63) is 35.1 Å². The van der Waals surface area contributed by atoms with E-state index in [1.807, 2.05) is 0 Å². The van der Waals surface area contributed by atoms with Crippen molar-refractivity contribution in [1.29, 1.82) is 0 Å². The SMILES string of the molecule is CC(C)CC1CCCC(N)(c2ccc(F)c(F)c2F)C1. The molecule has 0 saturated heterocycles. The highest BCUT2D eigenvalue weighted by molar-refractivity contribution is 5.28. The molecule has 0 heterocycles. The van der Waals surface area contributed by atoms with Gasteiger partial charge in [0.2, 0.25) is 0 Å². The van der Waals surface area contributed by atoms with Gasteiger partial charge in [-0.2, -0.15) is 0 Å². The lowest BCUT2D eigenvalue weighted by atomic mass is 9.70. The molecule has 20 heavy (non-hydrogen) atoms. The molecular weight excluding hydrogens is 263 g/mol. The van der Waals surface area contributed by atoms with Gasteiger partial charge >= 0.3 is 0 Å². The van der Waals surface area contributed by atoms with E-state index >= 15 is 0 Å². The minimum atomic E-state index is -1.42. The number of rotatable bonds is 3. The highest BCUT2D eigenvalue weighted by Crippen LogP contribution is 2.41. The van der Waals surface area contributed by atoms with Gasteiger partial charge in [-0.25, -0.2) is 13.2 Å². The monoisotopic (exact) mass is 285 g/mol. The first-order valence-electron chi connectivity index (χ1n) is 7.26. The van der Waals surface area contributed by atoms with E-state index in [1.165, 1.54) is 6.07 Å². The highest BCUT2D eigenvalue weighted by Gasteiger charge is 2.37. The van der Waals surface area contributed by atoms with Crippen LogP contribution in [0.5, 0.6) is 0 Å². The van der Waals surface area contributed by atoms with E-state index in [1.54, 1.807) is 0 Å². The minimum Gasteiger partial charge on any atom is -0.321 e. The lowest BCUT2D eigenvalue weighted by Crippen LogP contribution is -2.42. The summed E-state index contributed by atoms with van der Waals surface area (Å²) in [6.45, 7) is 4.29. The standard InChI is InChI=1S/C16H22F3N/c1-10(2)8-11-4-3-7-16(20,9-11)12-5-6-13(17)15(19)14(12)18/h5-6,10-11H,3-4,7-9,20H2,1-2H3. The summed E-state index contributed by atoms with van der Waals surface area (Å²) in [6, 6.07) is 2.26. The molecule has 0 amide bonds. The summed E-state index contributed by atoms with van der Waals surface area (Å²) in [6.07, 6.45) is 4.25. The first-order chi connectivity index (χ1) is 9.33. The molecule has 1 aromatic carbocycles. The molecule has 1 nitrogen and oxygen atoms in total. The van der Waals surface area contributed by atoms with Crippen molar-refractivity contribution in [1.82, 2.24) is 0 Å². The van der Waals surface area contributed by atoms with Crippen LogP contribution in [0, 0.1) is 29.3 Å². The van der Waals surface area contributed by atoms with Crippen LogP contribution in [0.2, 0.25) is 0 Å². The maximum absolute atomic E-state index is 14.0. The summed E-state index contributed by atoms with van der Waals surface area (Å²) >= 11 is 0. The molecule has 2 rings (SSSR count). The quantitative estimate of drug-likeness (QED) is 0.813. The fourth-order valence-electron chi connectivity index (χ4n) is 3.45. The van der Waals surface area contributed by atoms with Gasteiger partial charge in [0, 0.05) is 11.1 Å². The van der Waals surface area contributed by atoms with Crippen LogP contribution in [0.3, 0.4) is 0 Å². The van der Waals surface area contributed by atoms with E-state index in [0.29, 0.717) is 24.7 Å². The van der Waals surface area contributed by atoms with Gasteiger partial charge in [0.05, 0.1) is 0 Å². The van der Waals surface area contributed by atoms with Crippen LogP contribution >= 0.6 is 0 Å². The molecule has 2 atom stereocenters. The number of benzene rings is 1. The molecule has 0 spiro atoms. The molecule has 1 aliphatic rings. The maximum Gasteiger partial charge on any atom is 0.194 e. The number of halogens is 3. The van der Waals surface area contributed by atoms with Gasteiger partial charge in [-0.1, -0.05) is 32.8 Å². The van der Waals surface area contributed by atoms with Crippen LogP contribution in [0.1, 0.15) is 51.5 Å². The zero-order valence-electron chi connectivity index (χ0n) is 12.1. The van der Waals surface area contributed by atoms with E-state index in [9.17, 15) is 13.2 Å². The number of hydrogen-bond acceptors (Lipinski definition) is 1. The van der Waals surface area contributed by atoms with Crippen molar-refractivity contribution in [2.45, 2.75) is 51.5 Å². The largest absolute Gasteiger partial charge is 0.321 e. The van der Waals surface area contributed by atoms with Gasteiger partial charge in [-0.3, -0.25) is 0 Å². The Balaban J connectivity index is 2.28. The fraction of sp³-hybridized carbons (Fsp3) is 0.625. The topological polar surface area (TPSA) is 26.0 Å². The molecule has 1 saturated carbocycles. The first kappa shape index (κ1) is 15.4. The predicted molar refractivity (Wildman–Crippen MR) is 73.6 cm³/mol. The van der Waals surface area contributed by atoms with E-state index in [-0.39, 0.29) is 5.56 Å². The van der Waals surface area contributed by atoms with Crippen molar-refractivity contribution in [3.8, 4) is 0 Å². The van der Waals surface area contributed by atoms with Gasteiger partial charge in [-0.15, -0.1) is 0 Å². The second-order valence-electron chi connectivity index (χ2n) is 6.47. The Bertz CT molecular complexity index is 487. The average molecular weight is 285 g/mol. The van der Waals surface area contributed by atoms with Crippen LogP contribution in [0.15, 0.2) is 12.1 Å². The number of nitrogens with two attached hydrogens (primary N) is 1. The fourth-order valence-corrected chi connectivity index (χ4v) is 3.45. The third kappa shape index (κ3) is 3.00. The average Bonchev–Trinajstić information content (AvgIpc) is 2.35. The summed E-state index contributed by atoms with van der Waals surface area (Å²) < 4.78 is 40.4. The van der Waals surface area contributed by atoms with E-state index < -0.39 is 23.0 Å². The van der Waals surface area contributed by atoms with Crippen molar-refractivity contribution < 1.29 is 13.2 Å². The lowest BCUT2D eigenvalue weighted by molar-refractivity contribution is 0.196. The zero-order valence-corrected chi connectivity index (χ0v) is 12.1. The smallest absolute Gasteiger partial charge is 0.194 e. The van der Waals surface area contributed by atoms with E-state index in [4.69, 9.17) is 5.73 Å². The molecule has 1 fully saturated rings. The molecule has 4 heteroatoms. The van der Waals surface area contributed by atoms with Crippen LogP contribution in [0.25, 0.3) is 0 Å². The van der Waals surface area contributed by atoms with Crippen LogP contribution < -0.4 is 5.73 Å². The normalized spacial score (nSPS) is 27.1. The third-order valence-corrected chi connectivity index (χ3v) is 4.26. The van der Waals surface area contributed by atoms with Crippen molar-refractivity contribution in [3.63, 3.8) is 0 Å². The van der Waals surface area contributed by atoms with Crippen molar-refractivity contribution >= 4 is 0 Å². The summed E-state index contributed by atoms with van der Waals surface area (Å²) in [5, 5.41) is 0. The molecule has 0 aliphatic heterocycles. The second kappa shape index (κ2) is 5.76. The van der Waals surface area contributed by atoms with Crippen LogP contribution in [-0.2, 0) is 5.54 Å². The Morgan fingerprint density at radius 3 is 2.60 bits per heavy atom. The van der Waals surface area contributed by atoms with Crippen molar-refractivity contribution in [2.75, 3.05) is 0 Å². The van der Waals surface area contributed by atoms with Gasteiger partial charge in [0.15, 0.2) is 17.5 Å². The van der Waals surface area contributed by atoms with Crippen LogP contribution in [-0.4, -0.2) is 0 Å². The Kier molecular flexibility index (Phi) is 4.43. The van der Waals surface area contributed by atoms with Gasteiger partial charge in [-0.05, 0) is 37.2 Å². The van der Waals surface area contributed by atoms with E-state index in [2.05, 4.69) is 13.8 Å². The predicted octanol–water partition coefficient (Wildman–Crippen LogP) is 4.49. The lowest BCUT2D eigenvalue weighted by Gasteiger charge is -2.39. The molecule has 2 unspecified atom stereocenters. The molecule has 0 radical (unpaired) electrons. The Labute approximate surface area is 118 Å². The molecule has 112 valence electrons. The molecule has 1 aromatic rings. The molecule has 0 bridgehead atoms. The van der Waals surface area contributed by atoms with Gasteiger partial charge < -0.3 is 5.73 Å². The molecule has 2 N–H and O–H groups in total. The Morgan fingerprint density at radius 1 is 1.25 bits per heavy atom. The van der Waals surface area contributed by atoms with Crippen molar-refractivity contribution in [2.24, 2.45) is 17.6 Å². The molecular formula is C16H22F3N. The molecule has 1 aliphatic carbocycles. The number of hydrogen-bond donors (Lipinski definition) is 1. The molecule has 0 aromatic heterocycles.